The Balaban J connectivity index is 1.61. The summed E-state index contributed by atoms with van der Waals surface area (Å²) in [6.45, 7) is 3.65. The van der Waals surface area contributed by atoms with Gasteiger partial charge in [-0.1, -0.05) is 60.8 Å². The fraction of sp³-hybridized carbons (Fsp3) is 0.375. The molecule has 0 aliphatic heterocycles. The molecule has 1 heterocycles. The maximum Gasteiger partial charge on any atom is 0.262 e. The second-order valence-electron chi connectivity index (χ2n) is 8.48. The predicted molar refractivity (Wildman–Crippen MR) is 134 cm³/mol. The summed E-state index contributed by atoms with van der Waals surface area (Å²) >= 11 is 7.31. The molecule has 1 aliphatic carbocycles. The van der Waals surface area contributed by atoms with E-state index in [2.05, 4.69) is 10.0 Å². The van der Waals surface area contributed by atoms with E-state index >= 15 is 0 Å². The Morgan fingerprint density at radius 3 is 2.48 bits per heavy atom. The number of sulfonamides is 1. The van der Waals surface area contributed by atoms with Crippen LogP contribution < -0.4 is 10.0 Å². The van der Waals surface area contributed by atoms with E-state index in [1.165, 1.54) is 49.2 Å². The zero-order valence-corrected chi connectivity index (χ0v) is 21.0. The molecule has 33 heavy (non-hydrogen) atoms. The summed E-state index contributed by atoms with van der Waals surface area (Å²) in [4.78, 5) is 5.71. The van der Waals surface area contributed by atoms with Gasteiger partial charge in [0.1, 0.15) is 5.82 Å². The Hall–Kier alpha value is -2.16. The Bertz CT molecular complexity index is 1250. The molecule has 0 spiro atoms. The van der Waals surface area contributed by atoms with Crippen LogP contribution in [0.2, 0.25) is 5.02 Å². The Morgan fingerprint density at radius 1 is 1.06 bits per heavy atom. The zero-order valence-electron chi connectivity index (χ0n) is 18.6. The predicted octanol–water partition coefficient (Wildman–Crippen LogP) is 7.15. The molecule has 1 aliphatic rings. The van der Waals surface area contributed by atoms with Crippen LogP contribution in [0.5, 0.6) is 0 Å². The van der Waals surface area contributed by atoms with Crippen molar-refractivity contribution in [3.05, 3.63) is 58.5 Å². The molecule has 0 atom stereocenters. The minimum atomic E-state index is -4.01. The van der Waals surface area contributed by atoms with Crippen molar-refractivity contribution in [3.8, 4) is 10.4 Å². The molecule has 0 saturated heterocycles. The molecule has 0 radical (unpaired) electrons. The molecule has 1 fully saturated rings. The smallest absolute Gasteiger partial charge is 0.262 e. The molecule has 5 nitrogen and oxygen atoms in total. The third kappa shape index (κ3) is 5.67. The molecule has 2 N–H and O–H groups in total. The lowest BCUT2D eigenvalue weighted by Crippen LogP contribution is -2.17. The lowest BCUT2D eigenvalue weighted by molar-refractivity contribution is 0.598. The third-order valence-electron chi connectivity index (χ3n) is 5.89. The van der Waals surface area contributed by atoms with E-state index in [1.54, 1.807) is 19.1 Å². The summed E-state index contributed by atoms with van der Waals surface area (Å²) in [6, 6.07) is 9.54. The van der Waals surface area contributed by atoms with E-state index in [-0.39, 0.29) is 15.6 Å². The molecular formula is C24H27ClFN3O2S2. The lowest BCUT2D eigenvalue weighted by Gasteiger charge is -2.14. The summed E-state index contributed by atoms with van der Waals surface area (Å²) in [7, 11) is -4.01. The summed E-state index contributed by atoms with van der Waals surface area (Å²) in [5.41, 5.74) is 2.04. The summed E-state index contributed by atoms with van der Waals surface area (Å²) in [5, 5.41) is 4.63. The van der Waals surface area contributed by atoms with Crippen LogP contribution in [0.15, 0.2) is 41.3 Å². The van der Waals surface area contributed by atoms with Gasteiger partial charge in [-0.15, -0.1) is 0 Å². The summed E-state index contributed by atoms with van der Waals surface area (Å²) < 4.78 is 42.7. The number of hydrogen-bond donors (Lipinski definition) is 2. The zero-order chi connectivity index (χ0) is 23.6. The quantitative estimate of drug-likeness (QED) is 0.347. The highest BCUT2D eigenvalue weighted by Crippen LogP contribution is 2.36. The van der Waals surface area contributed by atoms with Crippen LogP contribution >= 0.6 is 22.9 Å². The van der Waals surface area contributed by atoms with E-state index < -0.39 is 15.8 Å². The molecule has 176 valence electrons. The molecule has 9 heteroatoms. The van der Waals surface area contributed by atoms with Gasteiger partial charge in [0.2, 0.25) is 0 Å². The maximum absolute atomic E-state index is 14.2. The van der Waals surface area contributed by atoms with Gasteiger partial charge in [0, 0.05) is 11.1 Å². The number of rotatable bonds is 6. The van der Waals surface area contributed by atoms with Gasteiger partial charge in [-0.05, 0) is 62.1 Å². The standard InChI is InChI=1S/C24H27ClFN3O2S2/c1-15-9-10-17(13-22(15)33(30,31)29-21-12-11-18(25)14-20(21)26)23-16(2)27-24(32-23)28-19-7-5-3-4-6-8-19/h9-14,19,29H,3-8H2,1-2H3,(H,27,28). The van der Waals surface area contributed by atoms with Crippen LogP contribution in [-0.2, 0) is 10.0 Å². The topological polar surface area (TPSA) is 71.1 Å². The highest BCUT2D eigenvalue weighted by molar-refractivity contribution is 7.92. The minimum Gasteiger partial charge on any atom is -0.359 e. The average molecular weight is 508 g/mol. The van der Waals surface area contributed by atoms with Crippen molar-refractivity contribution in [1.29, 1.82) is 0 Å². The Kier molecular flexibility index (Phi) is 7.26. The number of nitrogens with zero attached hydrogens (tertiary/aromatic N) is 1. The summed E-state index contributed by atoms with van der Waals surface area (Å²) in [6.07, 6.45) is 7.33. The molecule has 0 unspecified atom stereocenters. The maximum atomic E-state index is 14.2. The molecule has 4 rings (SSSR count). The third-order valence-corrected chi connectivity index (χ3v) is 8.77. The van der Waals surface area contributed by atoms with Crippen molar-refractivity contribution in [1.82, 2.24) is 4.98 Å². The lowest BCUT2D eigenvalue weighted by atomic mass is 10.1. The van der Waals surface area contributed by atoms with E-state index in [0.717, 1.165) is 40.2 Å². The molecule has 0 amide bonds. The van der Waals surface area contributed by atoms with Crippen molar-refractivity contribution >= 4 is 43.8 Å². The van der Waals surface area contributed by atoms with Crippen LogP contribution in [0.4, 0.5) is 15.2 Å². The first-order valence-corrected chi connectivity index (χ1v) is 13.7. The second kappa shape index (κ2) is 9.99. The van der Waals surface area contributed by atoms with Gasteiger partial charge >= 0.3 is 0 Å². The van der Waals surface area contributed by atoms with Crippen LogP contribution in [-0.4, -0.2) is 19.4 Å². The van der Waals surface area contributed by atoms with Crippen molar-refractivity contribution in [2.24, 2.45) is 0 Å². The number of anilines is 2. The largest absolute Gasteiger partial charge is 0.359 e. The molecule has 1 aromatic heterocycles. The van der Waals surface area contributed by atoms with E-state index in [9.17, 15) is 12.8 Å². The van der Waals surface area contributed by atoms with Crippen molar-refractivity contribution in [2.75, 3.05) is 10.0 Å². The highest BCUT2D eigenvalue weighted by atomic mass is 35.5. The first kappa shape index (κ1) is 24.0. The van der Waals surface area contributed by atoms with E-state index in [1.807, 2.05) is 13.0 Å². The molecule has 1 saturated carbocycles. The van der Waals surface area contributed by atoms with Gasteiger partial charge in [0.15, 0.2) is 5.13 Å². The summed E-state index contributed by atoms with van der Waals surface area (Å²) in [5.74, 6) is -0.729. The first-order valence-electron chi connectivity index (χ1n) is 11.1. The molecule has 2 aromatic carbocycles. The monoisotopic (exact) mass is 507 g/mol. The van der Waals surface area contributed by atoms with Crippen LogP contribution in [0.3, 0.4) is 0 Å². The van der Waals surface area contributed by atoms with Gasteiger partial charge in [-0.25, -0.2) is 17.8 Å². The normalized spacial score (nSPS) is 15.3. The van der Waals surface area contributed by atoms with E-state index in [4.69, 9.17) is 16.6 Å². The van der Waals surface area contributed by atoms with Crippen LogP contribution in [0.25, 0.3) is 10.4 Å². The van der Waals surface area contributed by atoms with Crippen molar-refractivity contribution < 1.29 is 12.8 Å². The number of halogens is 2. The number of thiazole rings is 1. The number of benzene rings is 2. The minimum absolute atomic E-state index is 0.0976. The number of hydrogen-bond acceptors (Lipinski definition) is 5. The average Bonchev–Trinajstić information content (AvgIpc) is 2.94. The fourth-order valence-corrected chi connectivity index (χ4v) is 6.66. The number of nitrogens with one attached hydrogen (secondary N) is 2. The number of aromatic nitrogens is 1. The second-order valence-corrected chi connectivity index (χ2v) is 11.6. The molecule has 3 aromatic rings. The highest BCUT2D eigenvalue weighted by Gasteiger charge is 2.22. The van der Waals surface area contributed by atoms with E-state index in [0.29, 0.717) is 11.6 Å². The van der Waals surface area contributed by atoms with Gasteiger partial charge < -0.3 is 5.32 Å². The van der Waals surface area contributed by atoms with Crippen LogP contribution in [0, 0.1) is 19.7 Å². The van der Waals surface area contributed by atoms with Crippen LogP contribution in [0.1, 0.15) is 49.8 Å². The van der Waals surface area contributed by atoms with Gasteiger partial charge in [0.25, 0.3) is 10.0 Å². The SMILES string of the molecule is Cc1ccc(-c2sc(NC3CCCCCC3)nc2C)cc1S(=O)(=O)Nc1ccc(Cl)cc1F. The van der Waals surface area contributed by atoms with Crippen molar-refractivity contribution in [3.63, 3.8) is 0 Å². The Morgan fingerprint density at radius 2 is 1.79 bits per heavy atom. The Labute approximate surface area is 203 Å². The van der Waals surface area contributed by atoms with Crippen molar-refractivity contribution in [2.45, 2.75) is 63.3 Å². The van der Waals surface area contributed by atoms with Gasteiger partial charge in [-0.2, -0.15) is 0 Å². The first-order chi connectivity index (χ1) is 15.7. The molecular weight excluding hydrogens is 481 g/mol. The van der Waals surface area contributed by atoms with Gasteiger partial charge in [0.05, 0.1) is 21.2 Å². The molecule has 0 bridgehead atoms. The fourth-order valence-electron chi connectivity index (χ4n) is 4.13. The van der Waals surface area contributed by atoms with Gasteiger partial charge in [-0.3, -0.25) is 4.72 Å². The number of aryl methyl sites for hydroxylation is 2.